The fourth-order valence-electron chi connectivity index (χ4n) is 4.50. The summed E-state index contributed by atoms with van der Waals surface area (Å²) in [4.78, 5) is 34.7. The van der Waals surface area contributed by atoms with Crippen LogP contribution in [0.4, 0.5) is 4.39 Å². The molecular weight excluding hydrogens is 481 g/mol. The average Bonchev–Trinajstić information content (AvgIpc) is 3.29. The van der Waals surface area contributed by atoms with Crippen LogP contribution in [0.3, 0.4) is 0 Å². The van der Waals surface area contributed by atoms with Crippen molar-refractivity contribution in [1.29, 1.82) is 0 Å². The second-order valence-electron chi connectivity index (χ2n) is 8.65. The molecule has 0 radical (unpaired) electrons. The molecule has 1 saturated heterocycles. The first-order valence-corrected chi connectivity index (χ1v) is 12.7. The molecule has 0 aromatic heterocycles. The van der Waals surface area contributed by atoms with Crippen molar-refractivity contribution in [2.75, 3.05) is 26.3 Å². The van der Waals surface area contributed by atoms with Crippen LogP contribution in [0.15, 0.2) is 82.0 Å². The second-order valence-corrected chi connectivity index (χ2v) is 9.48. The van der Waals surface area contributed by atoms with Crippen LogP contribution < -0.4 is 0 Å². The highest BCUT2D eigenvalue weighted by Crippen LogP contribution is 2.45. The third-order valence-electron chi connectivity index (χ3n) is 6.33. The van der Waals surface area contributed by atoms with E-state index in [1.165, 1.54) is 17.8 Å². The highest BCUT2D eigenvalue weighted by atomic mass is 32.2. The van der Waals surface area contributed by atoms with Crippen LogP contribution in [0, 0.1) is 5.82 Å². The third-order valence-corrected chi connectivity index (χ3v) is 7.22. The Hall–Kier alpha value is -3.43. The van der Waals surface area contributed by atoms with E-state index in [0.717, 1.165) is 5.56 Å². The van der Waals surface area contributed by atoms with Crippen LogP contribution in [-0.2, 0) is 25.7 Å². The van der Waals surface area contributed by atoms with E-state index in [1.807, 2.05) is 35.7 Å². The molecule has 0 N–H and O–H groups in total. The molecule has 36 heavy (non-hydrogen) atoms. The maximum Gasteiger partial charge on any atom is 0.338 e. The lowest BCUT2D eigenvalue weighted by molar-refractivity contribution is -0.141. The fraction of sp³-hybridized carbons (Fsp3) is 0.296. The van der Waals surface area contributed by atoms with Gasteiger partial charge in [-0.1, -0.05) is 60.3 Å². The maximum atomic E-state index is 15.2. The van der Waals surface area contributed by atoms with E-state index in [1.54, 1.807) is 34.9 Å². The average molecular weight is 508 g/mol. The highest BCUT2D eigenvalue weighted by Gasteiger charge is 2.42. The van der Waals surface area contributed by atoms with Gasteiger partial charge in [-0.15, -0.1) is 0 Å². The summed E-state index contributed by atoms with van der Waals surface area (Å²) in [5.74, 6) is -1.05. The Labute approximate surface area is 213 Å². The topological polar surface area (TPSA) is 71.4 Å². The fourth-order valence-corrected chi connectivity index (χ4v) is 5.47. The van der Waals surface area contributed by atoms with E-state index >= 15 is 4.39 Å². The lowest BCUT2D eigenvalue weighted by Crippen LogP contribution is -2.42. The van der Waals surface area contributed by atoms with Crippen LogP contribution in [0.25, 0.3) is 0 Å². The molecule has 0 spiro atoms. The molecule has 1 fully saturated rings. The summed E-state index contributed by atoms with van der Waals surface area (Å²) in [5.41, 5.74) is 2.56. The minimum Gasteiger partial charge on any atom is -0.457 e. The van der Waals surface area contributed by atoms with E-state index in [2.05, 4.69) is 4.99 Å². The molecule has 3 aliphatic heterocycles. The van der Waals surface area contributed by atoms with Gasteiger partial charge >= 0.3 is 5.97 Å². The summed E-state index contributed by atoms with van der Waals surface area (Å²) in [5, 5.41) is 2.46. The van der Waals surface area contributed by atoms with Crippen molar-refractivity contribution in [2.45, 2.75) is 26.0 Å². The van der Waals surface area contributed by atoms with Gasteiger partial charge in [0.25, 0.3) is 0 Å². The number of rotatable bonds is 6. The molecule has 0 bridgehead atoms. The van der Waals surface area contributed by atoms with Crippen molar-refractivity contribution >= 4 is 28.8 Å². The van der Waals surface area contributed by atoms with E-state index < -0.39 is 17.8 Å². The number of carbonyl (C=O) groups is 2. The van der Waals surface area contributed by atoms with E-state index in [9.17, 15) is 9.59 Å². The first-order chi connectivity index (χ1) is 17.5. The number of thioether (sulfide) groups is 1. The normalized spacial score (nSPS) is 19.6. The molecule has 0 aliphatic carbocycles. The molecule has 1 atom stereocenters. The number of amidine groups is 1. The van der Waals surface area contributed by atoms with Gasteiger partial charge in [0.1, 0.15) is 12.4 Å². The molecule has 1 unspecified atom stereocenters. The number of nitrogens with zero attached hydrogens (tertiary/aromatic N) is 3. The molecule has 3 heterocycles. The standard InChI is InChI=1S/C27H26FN3O4S/c1-18-24(26(33)35-16-19-7-3-2-4-8-19)25(21-9-5-6-10-22(21)28)31-20(17-36-27(31)29-18)15-23(32)30-11-13-34-14-12-30/h2-10,17,25H,11-16H2,1H3. The number of morpholine rings is 1. The second kappa shape index (κ2) is 10.7. The summed E-state index contributed by atoms with van der Waals surface area (Å²) in [7, 11) is 0. The number of amides is 1. The number of allylic oxidation sites excluding steroid dienone is 1. The van der Waals surface area contributed by atoms with Crippen molar-refractivity contribution in [2.24, 2.45) is 4.99 Å². The number of carbonyl (C=O) groups excluding carboxylic acids is 2. The lowest BCUT2D eigenvalue weighted by Gasteiger charge is -2.37. The summed E-state index contributed by atoms with van der Waals surface area (Å²) in [6, 6.07) is 14.9. The molecule has 1 amide bonds. The van der Waals surface area contributed by atoms with Crippen molar-refractivity contribution < 1.29 is 23.5 Å². The largest absolute Gasteiger partial charge is 0.457 e. The van der Waals surface area contributed by atoms with Gasteiger partial charge in [-0.3, -0.25) is 4.79 Å². The number of benzene rings is 2. The van der Waals surface area contributed by atoms with Crippen LogP contribution in [0.2, 0.25) is 0 Å². The Bertz CT molecular complexity index is 1250. The number of hydrogen-bond donors (Lipinski definition) is 0. The van der Waals surface area contributed by atoms with Gasteiger partial charge in [-0.25, -0.2) is 14.2 Å². The molecule has 5 rings (SSSR count). The predicted molar refractivity (Wildman–Crippen MR) is 135 cm³/mol. The van der Waals surface area contributed by atoms with Gasteiger partial charge in [0.05, 0.1) is 36.9 Å². The smallest absolute Gasteiger partial charge is 0.338 e. The molecule has 9 heteroatoms. The zero-order valence-electron chi connectivity index (χ0n) is 19.9. The molecule has 2 aromatic rings. The monoisotopic (exact) mass is 507 g/mol. The molecule has 2 aromatic carbocycles. The number of ether oxygens (including phenoxy) is 2. The van der Waals surface area contributed by atoms with E-state index in [4.69, 9.17) is 9.47 Å². The summed E-state index contributed by atoms with van der Waals surface area (Å²) >= 11 is 1.36. The predicted octanol–water partition coefficient (Wildman–Crippen LogP) is 4.39. The Kier molecular flexibility index (Phi) is 7.20. The molecule has 3 aliphatic rings. The Morgan fingerprint density at radius 3 is 2.58 bits per heavy atom. The van der Waals surface area contributed by atoms with Crippen molar-refractivity contribution in [3.8, 4) is 0 Å². The summed E-state index contributed by atoms with van der Waals surface area (Å²) < 4.78 is 26.2. The number of halogens is 1. The first-order valence-electron chi connectivity index (χ1n) is 11.8. The maximum absolute atomic E-state index is 15.2. The lowest BCUT2D eigenvalue weighted by atomic mass is 9.93. The van der Waals surface area contributed by atoms with Crippen LogP contribution in [0.5, 0.6) is 0 Å². The zero-order valence-corrected chi connectivity index (χ0v) is 20.7. The zero-order chi connectivity index (χ0) is 25.1. The summed E-state index contributed by atoms with van der Waals surface area (Å²) in [6.07, 6.45) is 0.113. The Morgan fingerprint density at radius 2 is 1.83 bits per heavy atom. The first kappa shape index (κ1) is 24.3. The van der Waals surface area contributed by atoms with Gasteiger partial charge in [-0.2, -0.15) is 0 Å². The van der Waals surface area contributed by atoms with Gasteiger partial charge in [0.2, 0.25) is 5.91 Å². The number of aliphatic imine (C=N–C) groups is 1. The van der Waals surface area contributed by atoms with Gasteiger partial charge < -0.3 is 19.3 Å². The van der Waals surface area contributed by atoms with Crippen LogP contribution in [-0.4, -0.2) is 53.1 Å². The minimum absolute atomic E-state index is 0.0434. The van der Waals surface area contributed by atoms with Gasteiger partial charge in [-0.05, 0) is 24.0 Å². The Balaban J connectivity index is 1.46. The number of esters is 1. The van der Waals surface area contributed by atoms with Crippen LogP contribution >= 0.6 is 11.8 Å². The molecule has 186 valence electrons. The summed E-state index contributed by atoms with van der Waals surface area (Å²) in [6.45, 7) is 3.90. The number of fused-ring (bicyclic) bond motifs is 1. The Morgan fingerprint density at radius 1 is 1.11 bits per heavy atom. The minimum atomic E-state index is -0.805. The number of hydrogen-bond acceptors (Lipinski definition) is 7. The highest BCUT2D eigenvalue weighted by molar-refractivity contribution is 8.16. The van der Waals surface area contributed by atoms with Gasteiger partial charge in [0, 0.05) is 24.4 Å². The van der Waals surface area contributed by atoms with Crippen molar-refractivity contribution in [1.82, 2.24) is 9.80 Å². The van der Waals surface area contributed by atoms with Crippen LogP contribution in [0.1, 0.15) is 30.5 Å². The van der Waals surface area contributed by atoms with Gasteiger partial charge in [0.15, 0.2) is 5.17 Å². The third kappa shape index (κ3) is 4.94. The SMILES string of the molecule is CC1=C(C(=O)OCc2ccccc2)C(c2ccccc2F)N2C(CC(=O)N3CCOCC3)=CSC2=N1. The van der Waals surface area contributed by atoms with Crippen molar-refractivity contribution in [3.05, 3.63) is 93.9 Å². The quantitative estimate of drug-likeness (QED) is 0.540. The van der Waals surface area contributed by atoms with Crippen molar-refractivity contribution in [3.63, 3.8) is 0 Å². The molecule has 0 saturated carbocycles. The van der Waals surface area contributed by atoms with E-state index in [0.29, 0.717) is 48.4 Å². The van der Waals surface area contributed by atoms with E-state index in [-0.39, 0.29) is 24.5 Å². The molecule has 7 nitrogen and oxygen atoms in total. The molecular formula is C27H26FN3O4S.